The fourth-order valence-electron chi connectivity index (χ4n) is 2.58. The first-order chi connectivity index (χ1) is 12.8. The Hall–Kier alpha value is -3.21. The van der Waals surface area contributed by atoms with E-state index in [0.717, 1.165) is 34.9 Å². The highest BCUT2D eigenvalue weighted by Gasteiger charge is 2.08. The Balaban J connectivity index is 1.84. The predicted molar refractivity (Wildman–Crippen MR) is 104 cm³/mol. The van der Waals surface area contributed by atoms with Crippen molar-refractivity contribution in [3.8, 4) is 5.75 Å². The molecule has 3 aromatic rings. The van der Waals surface area contributed by atoms with Crippen molar-refractivity contribution < 1.29 is 9.53 Å². The highest BCUT2D eigenvalue weighted by Crippen LogP contribution is 2.26. The minimum absolute atomic E-state index is 0.303. The van der Waals surface area contributed by atoms with E-state index in [2.05, 4.69) is 22.4 Å². The zero-order valence-electron chi connectivity index (χ0n) is 14.7. The van der Waals surface area contributed by atoms with Gasteiger partial charge in [-0.1, -0.05) is 43.7 Å². The Morgan fingerprint density at radius 1 is 1.19 bits per heavy atom. The number of hydrogen-bond acceptors (Lipinski definition) is 4. The number of unbranched alkanes of at least 4 members (excludes halogenated alkanes) is 1. The van der Waals surface area contributed by atoms with Crippen molar-refractivity contribution in [1.29, 1.82) is 0 Å². The first-order valence-electron chi connectivity index (χ1n) is 8.67. The van der Waals surface area contributed by atoms with Crippen LogP contribution >= 0.6 is 0 Å². The van der Waals surface area contributed by atoms with Gasteiger partial charge in [-0.3, -0.25) is 9.78 Å². The van der Waals surface area contributed by atoms with Crippen LogP contribution in [0.3, 0.4) is 0 Å². The van der Waals surface area contributed by atoms with Crippen LogP contribution in [0.5, 0.6) is 5.75 Å². The molecule has 1 heterocycles. The lowest BCUT2D eigenvalue weighted by Crippen LogP contribution is -2.17. The molecule has 0 bridgehead atoms. The van der Waals surface area contributed by atoms with Gasteiger partial charge in [-0.15, -0.1) is 0 Å². The Kier molecular flexibility index (Phi) is 5.93. The number of benzene rings is 2. The molecule has 0 saturated heterocycles. The molecule has 0 saturated carbocycles. The fourth-order valence-corrected chi connectivity index (χ4v) is 2.58. The van der Waals surface area contributed by atoms with Crippen molar-refractivity contribution in [3.63, 3.8) is 0 Å². The summed E-state index contributed by atoms with van der Waals surface area (Å²) in [6.45, 7) is 2.78. The first-order valence-corrected chi connectivity index (χ1v) is 8.67. The average Bonchev–Trinajstić information content (AvgIpc) is 2.69. The maximum absolute atomic E-state index is 12.1. The molecule has 3 rings (SSSR count). The standard InChI is InChI=1S/C21H21N3O2/c1-2-3-13-26-20-11-10-16-7-4-5-9-18(16)19(20)15-23-24-21(25)17-8-6-12-22-14-17/h4-12,14-15H,2-3,13H2,1H3,(H,24,25)/b23-15+. The lowest BCUT2D eigenvalue weighted by atomic mass is 10.0. The normalized spacial score (nSPS) is 11.0. The predicted octanol–water partition coefficient (Wildman–Crippen LogP) is 4.18. The summed E-state index contributed by atoms with van der Waals surface area (Å²) in [6, 6.07) is 15.4. The Morgan fingerprint density at radius 2 is 2.08 bits per heavy atom. The number of nitrogens with one attached hydrogen (secondary N) is 1. The monoisotopic (exact) mass is 347 g/mol. The molecule has 1 amide bonds. The number of carbonyl (C=O) groups excluding carboxylic acids is 1. The van der Waals surface area contributed by atoms with Crippen LogP contribution in [0.25, 0.3) is 10.8 Å². The van der Waals surface area contributed by atoms with Crippen molar-refractivity contribution >= 4 is 22.9 Å². The van der Waals surface area contributed by atoms with Crippen molar-refractivity contribution in [3.05, 3.63) is 72.1 Å². The SMILES string of the molecule is CCCCOc1ccc2ccccc2c1/C=N/NC(=O)c1cccnc1. The Morgan fingerprint density at radius 3 is 2.88 bits per heavy atom. The maximum atomic E-state index is 12.1. The van der Waals surface area contributed by atoms with E-state index in [4.69, 9.17) is 4.74 Å². The van der Waals surface area contributed by atoms with E-state index < -0.39 is 0 Å². The zero-order valence-corrected chi connectivity index (χ0v) is 14.7. The molecule has 0 aliphatic heterocycles. The van der Waals surface area contributed by atoms with Gasteiger partial charge in [-0.25, -0.2) is 5.43 Å². The lowest BCUT2D eigenvalue weighted by molar-refractivity contribution is 0.0954. The summed E-state index contributed by atoms with van der Waals surface area (Å²) >= 11 is 0. The van der Waals surface area contributed by atoms with Crippen LogP contribution in [0, 0.1) is 0 Å². The molecule has 0 atom stereocenters. The molecule has 5 heteroatoms. The maximum Gasteiger partial charge on any atom is 0.272 e. The van der Waals surface area contributed by atoms with Crippen molar-refractivity contribution in [2.45, 2.75) is 19.8 Å². The molecular weight excluding hydrogens is 326 g/mol. The first kappa shape index (κ1) is 17.6. The quantitative estimate of drug-likeness (QED) is 0.396. The number of fused-ring (bicyclic) bond motifs is 1. The zero-order chi connectivity index (χ0) is 18.2. The van der Waals surface area contributed by atoms with Crippen LogP contribution in [-0.4, -0.2) is 23.7 Å². The third-order valence-electron chi connectivity index (χ3n) is 3.97. The van der Waals surface area contributed by atoms with Gasteiger partial charge in [0.15, 0.2) is 0 Å². The smallest absolute Gasteiger partial charge is 0.272 e. The van der Waals surface area contributed by atoms with Crippen LogP contribution in [0.2, 0.25) is 0 Å². The topological polar surface area (TPSA) is 63.6 Å². The number of amides is 1. The number of nitrogens with zero attached hydrogens (tertiary/aromatic N) is 2. The van der Waals surface area contributed by atoms with Crippen molar-refractivity contribution in [2.24, 2.45) is 5.10 Å². The van der Waals surface area contributed by atoms with Crippen molar-refractivity contribution in [1.82, 2.24) is 10.4 Å². The summed E-state index contributed by atoms with van der Waals surface area (Å²) in [6.07, 6.45) is 6.81. The fraction of sp³-hybridized carbons (Fsp3) is 0.190. The number of hydrogen-bond donors (Lipinski definition) is 1. The van der Waals surface area contributed by atoms with Crippen molar-refractivity contribution in [2.75, 3.05) is 6.61 Å². The van der Waals surface area contributed by atoms with E-state index in [9.17, 15) is 4.79 Å². The van der Waals surface area contributed by atoms with E-state index in [-0.39, 0.29) is 5.91 Å². The van der Waals surface area contributed by atoms with Gasteiger partial charge in [0.25, 0.3) is 5.91 Å². The van der Waals surface area contributed by atoms with Gasteiger partial charge >= 0.3 is 0 Å². The molecule has 1 N–H and O–H groups in total. The second kappa shape index (κ2) is 8.76. The molecule has 1 aromatic heterocycles. The number of aromatic nitrogens is 1. The molecular formula is C21H21N3O2. The summed E-state index contributed by atoms with van der Waals surface area (Å²) in [5, 5.41) is 6.25. The highest BCUT2D eigenvalue weighted by atomic mass is 16.5. The summed E-state index contributed by atoms with van der Waals surface area (Å²) in [5.41, 5.74) is 3.85. The van der Waals surface area contributed by atoms with Crippen LogP contribution in [0.15, 0.2) is 66.0 Å². The van der Waals surface area contributed by atoms with E-state index in [1.807, 2.05) is 36.4 Å². The van der Waals surface area contributed by atoms with Gasteiger partial charge in [-0.05, 0) is 35.4 Å². The number of rotatable bonds is 7. The third-order valence-corrected chi connectivity index (χ3v) is 3.97. The summed E-state index contributed by atoms with van der Waals surface area (Å²) in [4.78, 5) is 16.0. The number of hydrazone groups is 1. The minimum atomic E-state index is -0.303. The number of pyridine rings is 1. The van der Waals surface area contributed by atoms with Gasteiger partial charge in [0.1, 0.15) is 5.75 Å². The molecule has 0 aliphatic rings. The van der Waals surface area contributed by atoms with E-state index >= 15 is 0 Å². The second-order valence-corrected chi connectivity index (χ2v) is 5.84. The van der Waals surface area contributed by atoms with Crippen LogP contribution in [0.1, 0.15) is 35.7 Å². The molecule has 2 aromatic carbocycles. The number of ether oxygens (including phenoxy) is 1. The molecule has 0 aliphatic carbocycles. The minimum Gasteiger partial charge on any atom is -0.493 e. The number of carbonyl (C=O) groups is 1. The van der Waals surface area contributed by atoms with Crippen LogP contribution in [0.4, 0.5) is 0 Å². The van der Waals surface area contributed by atoms with Gasteiger partial charge < -0.3 is 4.74 Å². The summed E-state index contributed by atoms with van der Waals surface area (Å²) in [7, 11) is 0. The summed E-state index contributed by atoms with van der Waals surface area (Å²) in [5.74, 6) is 0.458. The lowest BCUT2D eigenvalue weighted by Gasteiger charge is -2.11. The van der Waals surface area contributed by atoms with Crippen LogP contribution in [-0.2, 0) is 0 Å². The molecule has 0 unspecified atom stereocenters. The molecule has 132 valence electrons. The summed E-state index contributed by atoms with van der Waals surface area (Å²) < 4.78 is 5.91. The van der Waals surface area contributed by atoms with E-state index in [1.165, 1.54) is 6.20 Å². The Labute approximate surface area is 152 Å². The molecule has 0 radical (unpaired) electrons. The highest BCUT2D eigenvalue weighted by molar-refractivity contribution is 6.03. The van der Waals surface area contributed by atoms with E-state index in [0.29, 0.717) is 12.2 Å². The molecule has 5 nitrogen and oxygen atoms in total. The van der Waals surface area contributed by atoms with Gasteiger partial charge in [-0.2, -0.15) is 5.10 Å². The molecule has 26 heavy (non-hydrogen) atoms. The van der Waals surface area contributed by atoms with Gasteiger partial charge in [0.2, 0.25) is 0 Å². The van der Waals surface area contributed by atoms with E-state index in [1.54, 1.807) is 24.5 Å². The van der Waals surface area contributed by atoms with Gasteiger partial charge in [0.05, 0.1) is 18.4 Å². The second-order valence-electron chi connectivity index (χ2n) is 5.84. The van der Waals surface area contributed by atoms with Crippen LogP contribution < -0.4 is 10.2 Å². The Bertz CT molecular complexity index is 908. The third kappa shape index (κ3) is 4.25. The largest absolute Gasteiger partial charge is 0.493 e. The molecule has 0 fully saturated rings. The van der Waals surface area contributed by atoms with Gasteiger partial charge in [0, 0.05) is 18.0 Å². The molecule has 0 spiro atoms. The average molecular weight is 347 g/mol.